The van der Waals surface area contributed by atoms with Crippen LogP contribution in [-0.2, 0) is 5.41 Å². The van der Waals surface area contributed by atoms with E-state index in [1.807, 2.05) is 52.0 Å². The number of aromatic amines is 1. The minimum atomic E-state index is -0.318. The molecule has 2 aromatic rings. The van der Waals surface area contributed by atoms with Gasteiger partial charge in [-0.15, -0.1) is 10.2 Å². The van der Waals surface area contributed by atoms with Gasteiger partial charge in [-0.25, -0.2) is 0 Å². The lowest BCUT2D eigenvalue weighted by Gasteiger charge is -2.15. The summed E-state index contributed by atoms with van der Waals surface area (Å²) in [6, 6.07) is 7.78. The maximum atomic E-state index is 12.0. The molecule has 0 saturated heterocycles. The van der Waals surface area contributed by atoms with E-state index < -0.39 is 0 Å². The van der Waals surface area contributed by atoms with E-state index >= 15 is 0 Å². The molecule has 0 saturated carbocycles. The molecule has 0 atom stereocenters. The Morgan fingerprint density at radius 2 is 1.84 bits per heavy atom. The highest BCUT2D eigenvalue weighted by molar-refractivity contribution is 5.57. The molecule has 19 heavy (non-hydrogen) atoms. The van der Waals surface area contributed by atoms with Crippen LogP contribution in [0.25, 0.3) is 0 Å². The number of aromatic nitrogens is 3. The van der Waals surface area contributed by atoms with Crippen LogP contribution in [0.3, 0.4) is 0 Å². The first-order valence-electron chi connectivity index (χ1n) is 6.18. The van der Waals surface area contributed by atoms with E-state index in [-0.39, 0.29) is 11.0 Å². The van der Waals surface area contributed by atoms with Crippen molar-refractivity contribution in [3.63, 3.8) is 0 Å². The summed E-state index contributed by atoms with van der Waals surface area (Å²) < 4.78 is 0. The molecule has 0 unspecified atom stereocenters. The highest BCUT2D eigenvalue weighted by Gasteiger charge is 2.20. The van der Waals surface area contributed by atoms with Crippen LogP contribution in [0.2, 0.25) is 0 Å². The highest BCUT2D eigenvalue weighted by Crippen LogP contribution is 2.18. The van der Waals surface area contributed by atoms with Crippen LogP contribution < -0.4 is 10.9 Å². The minimum absolute atomic E-state index is 0.210. The lowest BCUT2D eigenvalue weighted by molar-refractivity contribution is 0.547. The van der Waals surface area contributed by atoms with Crippen LogP contribution in [0, 0.1) is 6.92 Å². The lowest BCUT2D eigenvalue weighted by Crippen LogP contribution is -2.28. The largest absolute Gasteiger partial charge is 0.324 e. The van der Waals surface area contributed by atoms with Crippen molar-refractivity contribution in [1.82, 2.24) is 15.2 Å². The number of anilines is 2. The molecule has 2 rings (SSSR count). The third kappa shape index (κ3) is 2.99. The van der Waals surface area contributed by atoms with E-state index in [2.05, 4.69) is 20.5 Å². The van der Waals surface area contributed by atoms with Gasteiger partial charge in [0.05, 0.1) is 0 Å². The third-order valence-corrected chi connectivity index (χ3v) is 2.81. The number of para-hydroxylation sites is 1. The van der Waals surface area contributed by atoms with Crippen molar-refractivity contribution in [2.75, 3.05) is 5.32 Å². The van der Waals surface area contributed by atoms with Crippen LogP contribution in [0.1, 0.15) is 32.0 Å². The van der Waals surface area contributed by atoms with E-state index in [1.54, 1.807) is 0 Å². The van der Waals surface area contributed by atoms with Crippen LogP contribution in [-0.4, -0.2) is 15.2 Å². The van der Waals surface area contributed by atoms with Crippen molar-refractivity contribution in [2.24, 2.45) is 0 Å². The molecule has 2 N–H and O–H groups in total. The van der Waals surface area contributed by atoms with Gasteiger partial charge in [0.2, 0.25) is 5.95 Å². The Labute approximate surface area is 112 Å². The second kappa shape index (κ2) is 4.84. The highest BCUT2D eigenvalue weighted by atomic mass is 16.1. The predicted octanol–water partition coefficient (Wildman–Crippen LogP) is 2.51. The van der Waals surface area contributed by atoms with Crippen molar-refractivity contribution in [1.29, 1.82) is 0 Å². The molecular weight excluding hydrogens is 240 g/mol. The summed E-state index contributed by atoms with van der Waals surface area (Å²) in [6.45, 7) is 7.78. The maximum Gasteiger partial charge on any atom is 0.274 e. The summed E-state index contributed by atoms with van der Waals surface area (Å²) in [5.41, 5.74) is 1.88. The number of hydrogen-bond donors (Lipinski definition) is 2. The monoisotopic (exact) mass is 258 g/mol. The number of hydrogen-bond acceptors (Lipinski definition) is 4. The molecule has 0 bridgehead atoms. The zero-order valence-electron chi connectivity index (χ0n) is 11.6. The van der Waals surface area contributed by atoms with Crippen molar-refractivity contribution in [3.05, 3.63) is 45.9 Å². The van der Waals surface area contributed by atoms with Gasteiger partial charge in [0.15, 0.2) is 0 Å². The summed E-state index contributed by atoms with van der Waals surface area (Å²) in [4.78, 5) is 14.7. The Morgan fingerprint density at radius 1 is 1.16 bits per heavy atom. The molecule has 0 aliphatic heterocycles. The minimum Gasteiger partial charge on any atom is -0.324 e. The summed E-state index contributed by atoms with van der Waals surface area (Å²) in [5, 5.41) is 11.1. The van der Waals surface area contributed by atoms with E-state index in [1.165, 1.54) is 0 Å². The molecule has 1 aromatic carbocycles. The van der Waals surface area contributed by atoms with Gasteiger partial charge in [0.1, 0.15) is 5.69 Å². The van der Waals surface area contributed by atoms with Gasteiger partial charge in [-0.2, -0.15) is 0 Å². The van der Waals surface area contributed by atoms with Gasteiger partial charge in [0.25, 0.3) is 5.56 Å². The molecule has 5 heteroatoms. The molecule has 1 heterocycles. The van der Waals surface area contributed by atoms with E-state index in [4.69, 9.17) is 0 Å². The molecule has 0 aliphatic rings. The fourth-order valence-corrected chi connectivity index (χ4v) is 1.72. The standard InChI is InChI=1S/C14H18N4O/c1-9-7-5-6-8-10(9)15-13-16-12(19)11(17-18-13)14(2,3)4/h5-8H,1-4H3,(H2,15,16,18,19). The lowest BCUT2D eigenvalue weighted by atomic mass is 9.93. The van der Waals surface area contributed by atoms with E-state index in [0.29, 0.717) is 11.6 Å². The molecule has 100 valence electrons. The first kappa shape index (κ1) is 13.3. The molecular formula is C14H18N4O. The first-order valence-corrected chi connectivity index (χ1v) is 6.18. The van der Waals surface area contributed by atoms with Gasteiger partial charge in [-0.3, -0.25) is 9.78 Å². The van der Waals surface area contributed by atoms with Gasteiger partial charge < -0.3 is 5.32 Å². The first-order chi connectivity index (χ1) is 8.88. The Balaban J connectivity index is 2.32. The molecule has 0 aliphatic carbocycles. The van der Waals surface area contributed by atoms with Crippen LogP contribution in [0.4, 0.5) is 11.6 Å². The zero-order valence-corrected chi connectivity index (χ0v) is 11.6. The summed E-state index contributed by atoms with van der Waals surface area (Å²) >= 11 is 0. The average molecular weight is 258 g/mol. The van der Waals surface area contributed by atoms with Crippen molar-refractivity contribution in [3.8, 4) is 0 Å². The number of H-pyrrole nitrogens is 1. The van der Waals surface area contributed by atoms with Crippen molar-refractivity contribution >= 4 is 11.6 Å². The number of nitrogens with one attached hydrogen (secondary N) is 2. The fourth-order valence-electron chi connectivity index (χ4n) is 1.72. The molecule has 0 fully saturated rings. The summed E-state index contributed by atoms with van der Waals surface area (Å²) in [7, 11) is 0. The fraction of sp³-hybridized carbons (Fsp3) is 0.357. The molecule has 5 nitrogen and oxygen atoms in total. The molecule has 0 radical (unpaired) electrons. The Kier molecular flexibility index (Phi) is 3.38. The third-order valence-electron chi connectivity index (χ3n) is 2.81. The van der Waals surface area contributed by atoms with Crippen molar-refractivity contribution in [2.45, 2.75) is 33.1 Å². The van der Waals surface area contributed by atoms with E-state index in [9.17, 15) is 4.79 Å². The van der Waals surface area contributed by atoms with Crippen LogP contribution >= 0.6 is 0 Å². The van der Waals surface area contributed by atoms with Gasteiger partial charge in [-0.05, 0) is 18.6 Å². The average Bonchev–Trinajstić information content (AvgIpc) is 2.30. The number of rotatable bonds is 2. The Bertz CT molecular complexity index is 640. The second-order valence-electron chi connectivity index (χ2n) is 5.54. The molecule has 0 spiro atoms. The smallest absolute Gasteiger partial charge is 0.274 e. The second-order valence-corrected chi connectivity index (χ2v) is 5.54. The topological polar surface area (TPSA) is 70.7 Å². The predicted molar refractivity (Wildman–Crippen MR) is 75.8 cm³/mol. The Hall–Kier alpha value is -2.17. The summed E-state index contributed by atoms with van der Waals surface area (Å²) in [5.74, 6) is 0.354. The number of benzene rings is 1. The van der Waals surface area contributed by atoms with Gasteiger partial charge in [0, 0.05) is 11.1 Å². The normalized spacial score (nSPS) is 11.4. The van der Waals surface area contributed by atoms with Crippen LogP contribution in [0.5, 0.6) is 0 Å². The number of aryl methyl sites for hydroxylation is 1. The molecule has 1 aromatic heterocycles. The Morgan fingerprint density at radius 3 is 2.42 bits per heavy atom. The van der Waals surface area contributed by atoms with Gasteiger partial charge >= 0.3 is 0 Å². The maximum absolute atomic E-state index is 12.0. The quantitative estimate of drug-likeness (QED) is 0.868. The molecule has 0 amide bonds. The SMILES string of the molecule is Cc1ccccc1Nc1nnc(C(C)(C)C)c(=O)[nH]1. The zero-order chi connectivity index (χ0) is 14.0. The van der Waals surface area contributed by atoms with E-state index in [0.717, 1.165) is 11.3 Å². The van der Waals surface area contributed by atoms with Crippen molar-refractivity contribution < 1.29 is 0 Å². The summed E-state index contributed by atoms with van der Waals surface area (Å²) in [6.07, 6.45) is 0. The number of nitrogens with zero attached hydrogens (tertiary/aromatic N) is 2. The van der Waals surface area contributed by atoms with Gasteiger partial charge in [-0.1, -0.05) is 39.0 Å². The van der Waals surface area contributed by atoms with Crippen LogP contribution in [0.15, 0.2) is 29.1 Å².